The van der Waals surface area contributed by atoms with Crippen molar-refractivity contribution in [1.82, 2.24) is 0 Å². The summed E-state index contributed by atoms with van der Waals surface area (Å²) in [6.07, 6.45) is 0.174. The topological polar surface area (TPSA) is 55.5 Å². The molecule has 1 rings (SSSR count). The van der Waals surface area contributed by atoms with Crippen LogP contribution in [0, 0.1) is 0 Å². The molecule has 0 heterocycles. The van der Waals surface area contributed by atoms with Crippen LogP contribution in [-0.4, -0.2) is 19.5 Å². The van der Waals surface area contributed by atoms with Crippen molar-refractivity contribution in [3.63, 3.8) is 0 Å². The lowest BCUT2D eigenvalue weighted by Crippen LogP contribution is -2.29. The predicted octanol–water partition coefficient (Wildman–Crippen LogP) is 2.67. The van der Waals surface area contributed by atoms with Gasteiger partial charge in [0.1, 0.15) is 5.75 Å². The molecular weight excluding hydrogens is 230 g/mol. The van der Waals surface area contributed by atoms with Crippen molar-refractivity contribution in [2.75, 3.05) is 0 Å². The van der Waals surface area contributed by atoms with Gasteiger partial charge in [-0.2, -0.15) is 0 Å². The van der Waals surface area contributed by atoms with Crippen molar-refractivity contribution >= 4 is 8.32 Å². The molecule has 0 bridgehead atoms. The van der Waals surface area contributed by atoms with E-state index in [-0.39, 0.29) is 6.04 Å². The highest BCUT2D eigenvalue weighted by molar-refractivity contribution is 6.70. The summed E-state index contributed by atoms with van der Waals surface area (Å²) < 4.78 is 5.86. The van der Waals surface area contributed by atoms with Gasteiger partial charge >= 0.3 is 0 Å². The van der Waals surface area contributed by atoms with Gasteiger partial charge < -0.3 is 15.3 Å². The van der Waals surface area contributed by atoms with E-state index in [9.17, 15) is 5.11 Å². The molecule has 2 atom stereocenters. The van der Waals surface area contributed by atoms with Crippen LogP contribution in [0.3, 0.4) is 0 Å². The number of hydrogen-bond donors (Lipinski definition) is 2. The normalized spacial score (nSPS) is 15.4. The molecule has 3 N–H and O–H groups in total. The Kier molecular flexibility index (Phi) is 4.74. The molecule has 17 heavy (non-hydrogen) atoms. The van der Waals surface area contributed by atoms with E-state index in [0.29, 0.717) is 6.42 Å². The number of aliphatic hydroxyl groups is 1. The fraction of sp³-hybridized carbons (Fsp3) is 0.538. The van der Waals surface area contributed by atoms with Crippen molar-refractivity contribution in [3.05, 3.63) is 29.8 Å². The quantitative estimate of drug-likeness (QED) is 0.793. The summed E-state index contributed by atoms with van der Waals surface area (Å²) in [6.45, 7) is 8.36. The van der Waals surface area contributed by atoms with Gasteiger partial charge in [-0.1, -0.05) is 19.1 Å². The van der Waals surface area contributed by atoms with Crippen LogP contribution in [0.5, 0.6) is 5.75 Å². The van der Waals surface area contributed by atoms with E-state index in [1.807, 2.05) is 31.2 Å². The second kappa shape index (κ2) is 5.66. The lowest BCUT2D eigenvalue weighted by atomic mass is 10.0. The Morgan fingerprint density at radius 3 is 2.18 bits per heavy atom. The Morgan fingerprint density at radius 2 is 1.76 bits per heavy atom. The molecule has 0 aromatic heterocycles. The Bertz CT molecular complexity index is 345. The average Bonchev–Trinajstić information content (AvgIpc) is 2.26. The molecule has 0 aliphatic rings. The number of nitrogens with two attached hydrogens (primary N) is 1. The summed E-state index contributed by atoms with van der Waals surface area (Å²) in [7, 11) is -1.55. The molecule has 1 aromatic rings. The molecule has 0 aliphatic carbocycles. The van der Waals surface area contributed by atoms with Crippen LogP contribution in [-0.2, 0) is 0 Å². The summed E-state index contributed by atoms with van der Waals surface area (Å²) in [5.41, 5.74) is 6.89. The van der Waals surface area contributed by atoms with Gasteiger partial charge in [0, 0.05) is 0 Å². The van der Waals surface area contributed by atoms with E-state index < -0.39 is 14.4 Å². The number of aliphatic hydroxyl groups excluding tert-OH is 1. The molecule has 96 valence electrons. The molecule has 0 amide bonds. The van der Waals surface area contributed by atoms with E-state index in [4.69, 9.17) is 10.2 Å². The van der Waals surface area contributed by atoms with Crippen LogP contribution >= 0.6 is 0 Å². The van der Waals surface area contributed by atoms with Crippen molar-refractivity contribution < 1.29 is 9.53 Å². The van der Waals surface area contributed by atoms with E-state index in [1.54, 1.807) is 0 Å². The minimum absolute atomic E-state index is 0.319. The maximum Gasteiger partial charge on any atom is 0.242 e. The van der Waals surface area contributed by atoms with Crippen molar-refractivity contribution in [2.24, 2.45) is 5.73 Å². The highest BCUT2D eigenvalue weighted by atomic mass is 28.4. The van der Waals surface area contributed by atoms with E-state index >= 15 is 0 Å². The molecule has 0 unspecified atom stereocenters. The zero-order valence-electron chi connectivity index (χ0n) is 11.1. The molecule has 0 saturated carbocycles. The third-order valence-electron chi connectivity index (χ3n) is 2.52. The van der Waals surface area contributed by atoms with Gasteiger partial charge in [0.25, 0.3) is 0 Å². The van der Waals surface area contributed by atoms with Crippen molar-refractivity contribution in [3.8, 4) is 5.75 Å². The predicted molar refractivity (Wildman–Crippen MR) is 73.6 cm³/mol. The standard InChI is InChI=1S/C13H23NO2Si/c1-5-12(15)13(14)10-6-8-11(9-7-10)16-17(2,3)4/h6-9,12-13,15H,5,14H2,1-4H3/t12-,13+/m1/s1. The minimum Gasteiger partial charge on any atom is -0.544 e. The van der Waals surface area contributed by atoms with E-state index in [2.05, 4.69) is 19.6 Å². The highest BCUT2D eigenvalue weighted by Gasteiger charge is 2.17. The average molecular weight is 253 g/mol. The Hall–Kier alpha value is -0.843. The molecule has 0 fully saturated rings. The third-order valence-corrected chi connectivity index (χ3v) is 3.37. The smallest absolute Gasteiger partial charge is 0.242 e. The molecule has 4 heteroatoms. The lowest BCUT2D eigenvalue weighted by molar-refractivity contribution is 0.140. The largest absolute Gasteiger partial charge is 0.544 e. The van der Waals surface area contributed by atoms with Crippen LogP contribution in [0.2, 0.25) is 19.6 Å². The second-order valence-corrected chi connectivity index (χ2v) is 9.71. The van der Waals surface area contributed by atoms with Gasteiger partial charge in [-0.25, -0.2) is 0 Å². The second-order valence-electron chi connectivity index (χ2n) is 5.28. The monoisotopic (exact) mass is 253 g/mol. The fourth-order valence-corrected chi connectivity index (χ4v) is 2.43. The summed E-state index contributed by atoms with van der Waals surface area (Å²) in [4.78, 5) is 0. The number of benzene rings is 1. The lowest BCUT2D eigenvalue weighted by Gasteiger charge is -2.21. The molecule has 3 nitrogen and oxygen atoms in total. The minimum atomic E-state index is -1.55. The van der Waals surface area contributed by atoms with Gasteiger partial charge in [-0.05, 0) is 43.8 Å². The molecule has 0 aliphatic heterocycles. The molecule has 1 aromatic carbocycles. The zero-order chi connectivity index (χ0) is 13.1. The van der Waals surface area contributed by atoms with Gasteiger partial charge in [0.05, 0.1) is 12.1 Å². The van der Waals surface area contributed by atoms with Crippen LogP contribution in [0.25, 0.3) is 0 Å². The summed E-state index contributed by atoms with van der Waals surface area (Å²) in [5.74, 6) is 0.881. The number of hydrogen-bond acceptors (Lipinski definition) is 3. The fourth-order valence-electron chi connectivity index (χ4n) is 1.59. The molecule has 0 spiro atoms. The van der Waals surface area contributed by atoms with Crippen LogP contribution in [0.4, 0.5) is 0 Å². The highest BCUT2D eigenvalue weighted by Crippen LogP contribution is 2.21. The van der Waals surface area contributed by atoms with Crippen LogP contribution < -0.4 is 10.2 Å². The van der Waals surface area contributed by atoms with Crippen molar-refractivity contribution in [2.45, 2.75) is 45.1 Å². The first-order valence-corrected chi connectivity index (χ1v) is 9.47. The van der Waals surface area contributed by atoms with Crippen LogP contribution in [0.15, 0.2) is 24.3 Å². The van der Waals surface area contributed by atoms with Gasteiger partial charge in [-0.3, -0.25) is 0 Å². The SMILES string of the molecule is CC[C@@H](O)[C@@H](N)c1ccc(O[Si](C)(C)C)cc1. The van der Waals surface area contributed by atoms with Gasteiger partial charge in [0.15, 0.2) is 0 Å². The summed E-state index contributed by atoms with van der Waals surface area (Å²) >= 11 is 0. The molecule has 0 saturated heterocycles. The van der Waals surface area contributed by atoms with E-state index in [1.165, 1.54) is 0 Å². The first kappa shape index (κ1) is 14.2. The molecule has 0 radical (unpaired) electrons. The van der Waals surface area contributed by atoms with Crippen molar-refractivity contribution in [1.29, 1.82) is 0 Å². The summed E-state index contributed by atoms with van der Waals surface area (Å²) in [5, 5.41) is 9.69. The van der Waals surface area contributed by atoms with Crippen LogP contribution in [0.1, 0.15) is 24.9 Å². The van der Waals surface area contributed by atoms with Gasteiger partial charge in [0.2, 0.25) is 8.32 Å². The maximum absolute atomic E-state index is 9.69. The zero-order valence-corrected chi connectivity index (χ0v) is 12.1. The third kappa shape index (κ3) is 4.50. The maximum atomic E-state index is 9.69. The first-order valence-electron chi connectivity index (χ1n) is 6.06. The Morgan fingerprint density at radius 1 is 1.24 bits per heavy atom. The van der Waals surface area contributed by atoms with Gasteiger partial charge in [-0.15, -0.1) is 0 Å². The Balaban J connectivity index is 2.74. The Labute approximate surface area is 105 Å². The number of rotatable bonds is 5. The molecular formula is C13H23NO2Si. The first-order chi connectivity index (χ1) is 7.83. The van der Waals surface area contributed by atoms with E-state index in [0.717, 1.165) is 11.3 Å². The summed E-state index contributed by atoms with van der Waals surface area (Å²) in [6, 6.07) is 7.39.